The molecule has 4 aromatic carbocycles. The molecule has 0 aromatic heterocycles. The normalized spacial score (nSPS) is 11.3. The Morgan fingerprint density at radius 3 is 1.95 bits per heavy atom. The molecule has 0 aliphatic carbocycles. The molecule has 0 aliphatic heterocycles. The number of amides is 3. The number of aliphatic carboxylic acids is 1. The third-order valence-corrected chi connectivity index (χ3v) is 6.97. The van der Waals surface area contributed by atoms with E-state index in [-0.39, 0.29) is 43.9 Å². The monoisotopic (exact) mass is 625 g/mol. The molecule has 9 nitrogen and oxygen atoms in total. The number of hydrogen-bond donors (Lipinski definition) is 5. The van der Waals surface area contributed by atoms with E-state index in [0.29, 0.717) is 16.9 Å². The van der Waals surface area contributed by atoms with Crippen molar-refractivity contribution in [2.75, 3.05) is 10.6 Å². The Morgan fingerprint density at radius 1 is 0.690 bits per heavy atom. The largest absolute Gasteiger partial charge is 0.508 e. The molecule has 3 amide bonds. The van der Waals surface area contributed by atoms with Gasteiger partial charge in [-0.15, -0.1) is 0 Å². The number of carboxylic acids is 1. The second-order valence-corrected chi connectivity index (χ2v) is 10.2. The summed E-state index contributed by atoms with van der Waals surface area (Å²) in [7, 11) is 0. The first-order valence-electron chi connectivity index (χ1n) is 12.3. The molecule has 0 bridgehead atoms. The number of hydrogen-bond acceptors (Lipinski definition) is 5. The fourth-order valence-electron chi connectivity index (χ4n) is 3.93. The maximum atomic E-state index is 12.9. The van der Waals surface area contributed by atoms with Crippen molar-refractivity contribution in [3.05, 3.63) is 122 Å². The van der Waals surface area contributed by atoms with Gasteiger partial charge >= 0.3 is 5.97 Å². The Bertz CT molecular complexity index is 1660. The molecule has 0 heterocycles. The molecule has 4 aromatic rings. The van der Waals surface area contributed by atoms with Crippen LogP contribution in [0.25, 0.3) is 0 Å². The standard InChI is InChI=1S/C30H22Cl3N3O6/c31-22-5-2-6-23(32)26(22)29(40)34-18-10-7-16(8-11-18)13-25(30(41)42)36-28(39)21-12-9-17(14-24(21)33)27(38)35-19-3-1-4-20(37)15-19/h1-12,14-15,25,37H,13H2,(H,34,40)(H,35,38)(H,36,39)(H,41,42)/t25-/m0/s1. The number of phenolic OH excluding ortho intramolecular Hbond substituents is 1. The molecule has 1 atom stereocenters. The van der Waals surface area contributed by atoms with Gasteiger partial charge in [0.05, 0.1) is 26.2 Å². The molecule has 0 spiro atoms. The summed E-state index contributed by atoms with van der Waals surface area (Å²) >= 11 is 18.4. The van der Waals surface area contributed by atoms with Gasteiger partial charge in [0.25, 0.3) is 17.7 Å². The summed E-state index contributed by atoms with van der Waals surface area (Å²) in [5, 5.41) is 27.4. The van der Waals surface area contributed by atoms with Crippen LogP contribution in [0.1, 0.15) is 36.6 Å². The van der Waals surface area contributed by atoms with Crippen molar-refractivity contribution >= 4 is 69.9 Å². The van der Waals surface area contributed by atoms with Gasteiger partial charge < -0.3 is 26.2 Å². The predicted octanol–water partition coefficient (Wildman–Crippen LogP) is 6.28. The molecular formula is C30H22Cl3N3O6. The Balaban J connectivity index is 1.39. The maximum Gasteiger partial charge on any atom is 0.326 e. The molecule has 0 aliphatic rings. The summed E-state index contributed by atoms with van der Waals surface area (Å²) in [6.07, 6.45) is -0.0618. The maximum absolute atomic E-state index is 12.9. The highest BCUT2D eigenvalue weighted by molar-refractivity contribution is 6.40. The van der Waals surface area contributed by atoms with E-state index >= 15 is 0 Å². The Kier molecular flexibility index (Phi) is 9.69. The number of rotatable bonds is 9. The van der Waals surface area contributed by atoms with Gasteiger partial charge in [0.1, 0.15) is 11.8 Å². The highest BCUT2D eigenvalue weighted by Gasteiger charge is 2.23. The average molecular weight is 627 g/mol. The highest BCUT2D eigenvalue weighted by atomic mass is 35.5. The number of benzene rings is 4. The number of carbonyl (C=O) groups excluding carboxylic acids is 3. The minimum atomic E-state index is -1.30. The van der Waals surface area contributed by atoms with Crippen molar-refractivity contribution in [2.24, 2.45) is 0 Å². The van der Waals surface area contributed by atoms with Crippen LogP contribution in [0.2, 0.25) is 15.1 Å². The van der Waals surface area contributed by atoms with Crippen LogP contribution in [0.4, 0.5) is 11.4 Å². The van der Waals surface area contributed by atoms with Gasteiger partial charge in [0.15, 0.2) is 0 Å². The number of aromatic hydroxyl groups is 1. The van der Waals surface area contributed by atoms with Gasteiger partial charge in [-0.25, -0.2) is 4.79 Å². The van der Waals surface area contributed by atoms with E-state index in [9.17, 15) is 29.4 Å². The van der Waals surface area contributed by atoms with E-state index < -0.39 is 29.7 Å². The lowest BCUT2D eigenvalue weighted by Crippen LogP contribution is -2.42. The second kappa shape index (κ2) is 13.4. The van der Waals surface area contributed by atoms with E-state index in [0.717, 1.165) is 0 Å². The van der Waals surface area contributed by atoms with Crippen molar-refractivity contribution in [1.82, 2.24) is 5.32 Å². The molecule has 0 unspecified atom stereocenters. The lowest BCUT2D eigenvalue weighted by Gasteiger charge is -2.16. The number of halogens is 3. The first-order valence-corrected chi connectivity index (χ1v) is 13.4. The summed E-state index contributed by atoms with van der Waals surface area (Å²) in [5.41, 5.74) is 1.62. The van der Waals surface area contributed by atoms with Crippen LogP contribution in [0.5, 0.6) is 5.75 Å². The average Bonchev–Trinajstić information content (AvgIpc) is 2.93. The van der Waals surface area contributed by atoms with E-state index in [2.05, 4.69) is 16.0 Å². The summed E-state index contributed by atoms with van der Waals surface area (Å²) < 4.78 is 0. The molecule has 4 rings (SSSR count). The lowest BCUT2D eigenvalue weighted by atomic mass is 10.0. The van der Waals surface area contributed by atoms with Gasteiger partial charge in [-0.05, 0) is 60.2 Å². The summed E-state index contributed by atoms with van der Waals surface area (Å²) in [6.45, 7) is 0. The smallest absolute Gasteiger partial charge is 0.326 e. The number of carbonyl (C=O) groups is 4. The quantitative estimate of drug-likeness (QED) is 0.148. The van der Waals surface area contributed by atoms with Crippen molar-refractivity contribution in [3.8, 4) is 5.75 Å². The third-order valence-electron chi connectivity index (χ3n) is 6.02. The Labute approximate surface area is 255 Å². The Hall–Kier alpha value is -4.57. The Morgan fingerprint density at radius 2 is 1.33 bits per heavy atom. The topological polar surface area (TPSA) is 145 Å². The van der Waals surface area contributed by atoms with E-state index in [4.69, 9.17) is 34.8 Å². The number of phenols is 1. The summed E-state index contributed by atoms with van der Waals surface area (Å²) in [5.74, 6) is -3.06. The molecular weight excluding hydrogens is 605 g/mol. The third kappa shape index (κ3) is 7.58. The van der Waals surface area contributed by atoms with Crippen molar-refractivity contribution in [3.63, 3.8) is 0 Å². The summed E-state index contributed by atoms with van der Waals surface area (Å²) in [6, 6.07) is 19.7. The molecule has 214 valence electrons. The zero-order chi connectivity index (χ0) is 30.4. The molecule has 5 N–H and O–H groups in total. The minimum absolute atomic E-state index is 0.0203. The van der Waals surface area contributed by atoms with Gasteiger partial charge in [-0.2, -0.15) is 0 Å². The van der Waals surface area contributed by atoms with Crippen LogP contribution in [0, 0.1) is 0 Å². The molecule has 0 saturated heterocycles. The fraction of sp³-hybridized carbons (Fsp3) is 0.0667. The van der Waals surface area contributed by atoms with Crippen LogP contribution in [-0.4, -0.2) is 39.9 Å². The first kappa shape index (κ1) is 30.4. The van der Waals surface area contributed by atoms with Crippen molar-refractivity contribution in [2.45, 2.75) is 12.5 Å². The van der Waals surface area contributed by atoms with Crippen LogP contribution in [0.3, 0.4) is 0 Å². The highest BCUT2D eigenvalue weighted by Crippen LogP contribution is 2.26. The van der Waals surface area contributed by atoms with E-state index in [1.165, 1.54) is 30.3 Å². The van der Waals surface area contributed by atoms with Gasteiger partial charge in [0.2, 0.25) is 0 Å². The molecule has 42 heavy (non-hydrogen) atoms. The van der Waals surface area contributed by atoms with Crippen molar-refractivity contribution in [1.29, 1.82) is 0 Å². The van der Waals surface area contributed by atoms with Crippen LogP contribution < -0.4 is 16.0 Å². The van der Waals surface area contributed by atoms with Crippen molar-refractivity contribution < 1.29 is 29.4 Å². The van der Waals surface area contributed by atoms with E-state index in [1.807, 2.05) is 0 Å². The molecule has 0 fully saturated rings. The van der Waals surface area contributed by atoms with Gasteiger partial charge in [-0.1, -0.05) is 59.1 Å². The zero-order valence-electron chi connectivity index (χ0n) is 21.5. The van der Waals surface area contributed by atoms with Gasteiger partial charge in [-0.3, -0.25) is 14.4 Å². The first-order chi connectivity index (χ1) is 20.0. The molecule has 0 radical (unpaired) electrons. The minimum Gasteiger partial charge on any atom is -0.508 e. The van der Waals surface area contributed by atoms with Crippen LogP contribution in [-0.2, 0) is 11.2 Å². The fourth-order valence-corrected chi connectivity index (χ4v) is 4.77. The summed E-state index contributed by atoms with van der Waals surface area (Å²) in [4.78, 5) is 50.0. The lowest BCUT2D eigenvalue weighted by molar-refractivity contribution is -0.139. The number of anilines is 2. The van der Waals surface area contributed by atoms with E-state index in [1.54, 1.807) is 54.6 Å². The number of carboxylic acid groups (broad SMARTS) is 1. The SMILES string of the molecule is O=C(Nc1cccc(O)c1)c1ccc(C(=O)N[C@@H](Cc2ccc(NC(=O)c3c(Cl)cccc3Cl)cc2)C(=O)O)c(Cl)c1. The zero-order valence-corrected chi connectivity index (χ0v) is 23.8. The second-order valence-electron chi connectivity index (χ2n) is 9.02. The predicted molar refractivity (Wildman–Crippen MR) is 161 cm³/mol. The van der Waals surface area contributed by atoms with Crippen LogP contribution in [0.15, 0.2) is 84.9 Å². The van der Waals surface area contributed by atoms with Crippen LogP contribution >= 0.6 is 34.8 Å². The molecule has 12 heteroatoms. The molecule has 0 saturated carbocycles. The van der Waals surface area contributed by atoms with Gasteiger partial charge in [0, 0.05) is 29.4 Å². The number of nitrogens with one attached hydrogen (secondary N) is 3.